The van der Waals surface area contributed by atoms with E-state index in [0.717, 1.165) is 13.2 Å². The van der Waals surface area contributed by atoms with Crippen molar-refractivity contribution in [2.24, 2.45) is 0 Å². The summed E-state index contributed by atoms with van der Waals surface area (Å²) in [7, 11) is 3.75. The fourth-order valence-electron chi connectivity index (χ4n) is 1.82. The summed E-state index contributed by atoms with van der Waals surface area (Å²) in [4.78, 5) is 33.9. The molecule has 1 aromatic carbocycles. The molecule has 9 nitrogen and oxygen atoms in total. The summed E-state index contributed by atoms with van der Waals surface area (Å²) in [5.74, 6) is -3.17. The molecule has 9 heteroatoms. The molecule has 136 valence electrons. The van der Waals surface area contributed by atoms with E-state index in [2.05, 4.69) is 4.74 Å². The highest BCUT2D eigenvalue weighted by Crippen LogP contribution is 2.37. The van der Waals surface area contributed by atoms with E-state index in [4.69, 9.17) is 19.3 Å². The molecule has 2 N–H and O–H groups in total. The minimum atomic E-state index is -1.55. The van der Waals surface area contributed by atoms with E-state index in [9.17, 15) is 19.5 Å². The van der Waals surface area contributed by atoms with E-state index in [1.165, 1.54) is 32.4 Å². The third-order valence-corrected chi connectivity index (χ3v) is 3.00. The average molecular weight is 354 g/mol. The first-order valence-electron chi connectivity index (χ1n) is 6.95. The molecule has 1 aromatic rings. The van der Waals surface area contributed by atoms with Gasteiger partial charge in [0, 0.05) is 6.08 Å². The summed E-state index contributed by atoms with van der Waals surface area (Å²) >= 11 is 0. The molecule has 0 aromatic heterocycles. The Morgan fingerprint density at radius 2 is 1.68 bits per heavy atom. The van der Waals surface area contributed by atoms with Crippen LogP contribution in [-0.2, 0) is 23.9 Å². The smallest absolute Gasteiger partial charge is 0.347 e. The molecule has 0 saturated carbocycles. The van der Waals surface area contributed by atoms with Gasteiger partial charge in [-0.1, -0.05) is 0 Å². The van der Waals surface area contributed by atoms with Gasteiger partial charge < -0.3 is 29.2 Å². The van der Waals surface area contributed by atoms with Gasteiger partial charge in [0.15, 0.2) is 11.5 Å². The second-order valence-corrected chi connectivity index (χ2v) is 4.65. The number of carboxylic acids is 1. The fraction of sp³-hybridized carbons (Fsp3) is 0.312. The van der Waals surface area contributed by atoms with Crippen LogP contribution >= 0.6 is 0 Å². The maximum atomic E-state index is 11.8. The van der Waals surface area contributed by atoms with Gasteiger partial charge in [-0.2, -0.15) is 0 Å². The Morgan fingerprint density at radius 3 is 2.12 bits per heavy atom. The third kappa shape index (κ3) is 5.72. The van der Waals surface area contributed by atoms with E-state index >= 15 is 0 Å². The Labute approximate surface area is 143 Å². The second kappa shape index (κ2) is 9.16. The quantitative estimate of drug-likeness (QED) is 0.518. The Bertz CT molecular complexity index is 653. The number of esters is 2. The molecular formula is C16H18O9. The van der Waals surface area contributed by atoms with Gasteiger partial charge in [0.1, 0.15) is 0 Å². The van der Waals surface area contributed by atoms with Gasteiger partial charge in [-0.25, -0.2) is 9.59 Å². The highest BCUT2D eigenvalue weighted by molar-refractivity contribution is 5.90. The molecule has 0 aliphatic heterocycles. The summed E-state index contributed by atoms with van der Waals surface area (Å²) in [6, 6.07) is 2.88. The molecule has 1 atom stereocenters. The van der Waals surface area contributed by atoms with Crippen molar-refractivity contribution in [2.45, 2.75) is 12.5 Å². The van der Waals surface area contributed by atoms with Gasteiger partial charge >= 0.3 is 17.9 Å². The highest BCUT2D eigenvalue weighted by atomic mass is 16.6. The molecule has 25 heavy (non-hydrogen) atoms. The van der Waals surface area contributed by atoms with Gasteiger partial charge in [-0.15, -0.1) is 0 Å². The number of carboxylic acid groups (broad SMARTS) is 1. The van der Waals surface area contributed by atoms with Crippen LogP contribution in [0.3, 0.4) is 0 Å². The van der Waals surface area contributed by atoms with Crippen molar-refractivity contribution in [2.75, 3.05) is 21.3 Å². The monoisotopic (exact) mass is 354 g/mol. The normalized spacial score (nSPS) is 11.6. The van der Waals surface area contributed by atoms with Crippen LogP contribution in [0.2, 0.25) is 0 Å². The van der Waals surface area contributed by atoms with Crippen molar-refractivity contribution < 1.29 is 43.5 Å². The average Bonchev–Trinajstić information content (AvgIpc) is 2.58. The Balaban J connectivity index is 2.91. The van der Waals surface area contributed by atoms with E-state index < -0.39 is 30.4 Å². The largest absolute Gasteiger partial charge is 0.502 e. The van der Waals surface area contributed by atoms with Crippen molar-refractivity contribution in [3.8, 4) is 17.2 Å². The maximum Gasteiger partial charge on any atom is 0.347 e. The predicted octanol–water partition coefficient (Wildman–Crippen LogP) is 0.982. The number of aromatic hydroxyl groups is 1. The highest BCUT2D eigenvalue weighted by Gasteiger charge is 2.26. The number of hydrogen-bond acceptors (Lipinski definition) is 8. The van der Waals surface area contributed by atoms with Crippen LogP contribution in [0.15, 0.2) is 18.2 Å². The predicted molar refractivity (Wildman–Crippen MR) is 84.4 cm³/mol. The molecule has 1 rings (SSSR count). The lowest BCUT2D eigenvalue weighted by Gasteiger charge is -2.12. The van der Waals surface area contributed by atoms with Crippen molar-refractivity contribution in [1.82, 2.24) is 0 Å². The summed E-state index contributed by atoms with van der Waals surface area (Å²) in [5, 5.41) is 18.5. The van der Waals surface area contributed by atoms with Gasteiger partial charge in [0.05, 0.1) is 27.8 Å². The summed E-state index contributed by atoms with van der Waals surface area (Å²) < 4.78 is 19.1. The number of benzene rings is 1. The zero-order valence-electron chi connectivity index (χ0n) is 13.8. The lowest BCUT2D eigenvalue weighted by Crippen LogP contribution is -2.30. The Kier molecular flexibility index (Phi) is 7.26. The number of rotatable bonds is 8. The zero-order valence-corrected chi connectivity index (χ0v) is 13.8. The molecule has 0 saturated heterocycles. The number of methoxy groups -OCH3 is 3. The van der Waals surface area contributed by atoms with Crippen LogP contribution in [0.4, 0.5) is 0 Å². The van der Waals surface area contributed by atoms with Crippen LogP contribution in [-0.4, -0.2) is 55.6 Å². The molecule has 0 spiro atoms. The van der Waals surface area contributed by atoms with Gasteiger partial charge in [0.2, 0.25) is 11.9 Å². The van der Waals surface area contributed by atoms with Crippen LogP contribution in [0, 0.1) is 0 Å². The SMILES string of the molecule is COC(=O)[C@H](CC(=O)O)OC(=O)/C=C/c1cc(OC)c(O)c(OC)c1. The standard InChI is InChI=1S/C16H18O9/c1-22-10-6-9(7-11(23-2)15(10)20)4-5-14(19)25-12(8-13(17)18)16(21)24-3/h4-7,12,20H,8H2,1-3H3,(H,17,18)/b5-4+/t12-/m0/s1. The first-order valence-corrected chi connectivity index (χ1v) is 6.95. The molecule has 0 radical (unpaired) electrons. The Hall–Kier alpha value is -3.23. The van der Waals surface area contributed by atoms with Crippen molar-refractivity contribution >= 4 is 24.0 Å². The minimum absolute atomic E-state index is 0.130. The molecule has 0 bridgehead atoms. The van der Waals surface area contributed by atoms with Crippen molar-refractivity contribution in [1.29, 1.82) is 0 Å². The van der Waals surface area contributed by atoms with Gasteiger partial charge in [-0.3, -0.25) is 4.79 Å². The maximum absolute atomic E-state index is 11.8. The molecule has 0 aliphatic carbocycles. The number of carbonyl (C=O) groups excluding carboxylic acids is 2. The first-order chi connectivity index (χ1) is 11.8. The van der Waals surface area contributed by atoms with Crippen LogP contribution in [0.5, 0.6) is 17.2 Å². The molecule has 0 fully saturated rings. The number of ether oxygens (including phenoxy) is 4. The molecular weight excluding hydrogens is 336 g/mol. The van der Waals surface area contributed by atoms with E-state index in [-0.39, 0.29) is 17.2 Å². The fourth-order valence-corrected chi connectivity index (χ4v) is 1.82. The lowest BCUT2D eigenvalue weighted by molar-refractivity contribution is -0.166. The molecule has 0 aliphatic rings. The van der Waals surface area contributed by atoms with Gasteiger partial charge in [-0.05, 0) is 23.8 Å². The number of hydrogen-bond donors (Lipinski definition) is 2. The summed E-state index contributed by atoms with van der Waals surface area (Å²) in [5.41, 5.74) is 0.441. The number of carbonyl (C=O) groups is 3. The minimum Gasteiger partial charge on any atom is -0.502 e. The Morgan fingerprint density at radius 1 is 1.12 bits per heavy atom. The number of phenols is 1. The van der Waals surface area contributed by atoms with Crippen LogP contribution in [0.1, 0.15) is 12.0 Å². The van der Waals surface area contributed by atoms with Crippen molar-refractivity contribution in [3.63, 3.8) is 0 Å². The van der Waals surface area contributed by atoms with E-state index in [1.807, 2.05) is 0 Å². The lowest BCUT2D eigenvalue weighted by atomic mass is 10.1. The third-order valence-electron chi connectivity index (χ3n) is 3.00. The van der Waals surface area contributed by atoms with Crippen molar-refractivity contribution in [3.05, 3.63) is 23.8 Å². The van der Waals surface area contributed by atoms with Crippen LogP contribution < -0.4 is 9.47 Å². The molecule has 0 heterocycles. The van der Waals surface area contributed by atoms with E-state index in [0.29, 0.717) is 5.56 Å². The zero-order chi connectivity index (χ0) is 19.0. The summed E-state index contributed by atoms with van der Waals surface area (Å²) in [6.07, 6.45) is 0.0430. The second-order valence-electron chi connectivity index (χ2n) is 4.65. The number of aliphatic carboxylic acids is 1. The first kappa shape index (κ1) is 19.8. The topological polar surface area (TPSA) is 129 Å². The summed E-state index contributed by atoms with van der Waals surface area (Å²) in [6.45, 7) is 0. The number of phenolic OH excluding ortho intramolecular Hbond substituents is 1. The van der Waals surface area contributed by atoms with Crippen LogP contribution in [0.25, 0.3) is 6.08 Å². The molecule has 0 unspecified atom stereocenters. The molecule has 0 amide bonds. The van der Waals surface area contributed by atoms with E-state index in [1.54, 1.807) is 0 Å². The van der Waals surface area contributed by atoms with Gasteiger partial charge in [0.25, 0.3) is 0 Å².